The van der Waals surface area contributed by atoms with Crippen molar-refractivity contribution in [2.45, 2.75) is 18.8 Å². The lowest BCUT2D eigenvalue weighted by atomic mass is 9.83. The summed E-state index contributed by atoms with van der Waals surface area (Å²) < 4.78 is 22.7. The first-order valence-corrected chi connectivity index (χ1v) is 7.65. The van der Waals surface area contributed by atoms with Gasteiger partial charge in [0.2, 0.25) is 0 Å². The van der Waals surface area contributed by atoms with Crippen molar-refractivity contribution >= 4 is 15.8 Å². The number of rotatable bonds is 3. The van der Waals surface area contributed by atoms with E-state index < -0.39 is 21.7 Å². The lowest BCUT2D eigenvalue weighted by molar-refractivity contribution is -0.140. The van der Waals surface area contributed by atoms with Crippen LogP contribution >= 0.6 is 0 Å². The molecular formula is C12H15NO4S. The largest absolute Gasteiger partial charge is 0.481 e. The van der Waals surface area contributed by atoms with Gasteiger partial charge >= 0.3 is 5.97 Å². The molecule has 1 N–H and O–H groups in total. The van der Waals surface area contributed by atoms with Crippen molar-refractivity contribution in [1.82, 2.24) is 4.98 Å². The van der Waals surface area contributed by atoms with Crippen LogP contribution < -0.4 is 0 Å². The maximum absolute atomic E-state index is 11.4. The molecule has 0 spiro atoms. The highest BCUT2D eigenvalue weighted by atomic mass is 32.2. The molecular weight excluding hydrogens is 254 g/mol. The molecule has 5 nitrogen and oxygen atoms in total. The highest BCUT2D eigenvalue weighted by Crippen LogP contribution is 2.33. The SMILES string of the molecule is O=C(O)C(c1ccncc1)C1CCS(=O)(=O)CC1. The zero-order chi connectivity index (χ0) is 13.2. The van der Waals surface area contributed by atoms with Crippen LogP contribution in [-0.4, -0.2) is 36.0 Å². The highest BCUT2D eigenvalue weighted by molar-refractivity contribution is 7.91. The van der Waals surface area contributed by atoms with E-state index in [9.17, 15) is 18.3 Å². The standard InChI is InChI=1S/C12H15NO4S/c14-12(15)11(9-1-5-13-6-2-9)10-3-7-18(16,17)8-4-10/h1-2,5-6,10-11H,3-4,7-8H2,(H,14,15). The van der Waals surface area contributed by atoms with Crippen LogP contribution in [0.1, 0.15) is 24.3 Å². The molecule has 0 bridgehead atoms. The van der Waals surface area contributed by atoms with Crippen molar-refractivity contribution in [1.29, 1.82) is 0 Å². The van der Waals surface area contributed by atoms with Gasteiger partial charge in [-0.1, -0.05) is 0 Å². The monoisotopic (exact) mass is 269 g/mol. The molecule has 0 amide bonds. The zero-order valence-electron chi connectivity index (χ0n) is 9.82. The Labute approximate surface area is 106 Å². The normalized spacial score (nSPS) is 21.3. The van der Waals surface area contributed by atoms with Gasteiger partial charge in [0.1, 0.15) is 9.84 Å². The Kier molecular flexibility index (Phi) is 3.65. The summed E-state index contributed by atoms with van der Waals surface area (Å²) in [6.07, 6.45) is 3.96. The van der Waals surface area contributed by atoms with E-state index >= 15 is 0 Å². The number of nitrogens with zero attached hydrogens (tertiary/aromatic N) is 1. The number of aliphatic carboxylic acids is 1. The van der Waals surface area contributed by atoms with E-state index in [1.807, 2.05) is 0 Å². The topological polar surface area (TPSA) is 84.3 Å². The van der Waals surface area contributed by atoms with E-state index in [0.717, 1.165) is 0 Å². The third-order valence-electron chi connectivity index (χ3n) is 3.40. The van der Waals surface area contributed by atoms with E-state index in [4.69, 9.17) is 0 Å². The molecule has 1 aromatic heterocycles. The van der Waals surface area contributed by atoms with Gasteiger partial charge in [0.25, 0.3) is 0 Å². The second-order valence-corrected chi connectivity index (χ2v) is 6.89. The first-order chi connectivity index (χ1) is 8.49. The van der Waals surface area contributed by atoms with Crippen LogP contribution in [0.3, 0.4) is 0 Å². The predicted molar refractivity (Wildman–Crippen MR) is 66.0 cm³/mol. The molecule has 0 radical (unpaired) electrons. The minimum atomic E-state index is -2.96. The molecule has 1 fully saturated rings. The van der Waals surface area contributed by atoms with E-state index in [-0.39, 0.29) is 17.4 Å². The quantitative estimate of drug-likeness (QED) is 0.887. The Morgan fingerprint density at radius 3 is 2.33 bits per heavy atom. The number of sulfone groups is 1. The summed E-state index contributed by atoms with van der Waals surface area (Å²) in [7, 11) is -2.96. The van der Waals surface area contributed by atoms with E-state index in [2.05, 4.69) is 4.98 Å². The number of hydrogen-bond acceptors (Lipinski definition) is 4. The lowest BCUT2D eigenvalue weighted by Crippen LogP contribution is -2.30. The fourth-order valence-corrected chi connectivity index (χ4v) is 3.96. The van der Waals surface area contributed by atoms with Crippen LogP contribution in [0, 0.1) is 5.92 Å². The Bertz CT molecular complexity index is 512. The van der Waals surface area contributed by atoms with Crippen molar-refractivity contribution in [2.75, 3.05) is 11.5 Å². The number of hydrogen-bond donors (Lipinski definition) is 1. The molecule has 98 valence electrons. The second-order valence-electron chi connectivity index (χ2n) is 4.59. The van der Waals surface area contributed by atoms with Gasteiger partial charge in [-0.15, -0.1) is 0 Å². The van der Waals surface area contributed by atoms with Crippen LogP contribution in [0.2, 0.25) is 0 Å². The van der Waals surface area contributed by atoms with Crippen molar-refractivity contribution < 1.29 is 18.3 Å². The highest BCUT2D eigenvalue weighted by Gasteiger charge is 2.34. The van der Waals surface area contributed by atoms with Gasteiger partial charge in [0, 0.05) is 12.4 Å². The predicted octanol–water partition coefficient (Wildman–Crippen LogP) is 1.07. The van der Waals surface area contributed by atoms with Crippen LogP contribution in [0.4, 0.5) is 0 Å². The van der Waals surface area contributed by atoms with Crippen molar-refractivity contribution in [3.8, 4) is 0 Å². The maximum atomic E-state index is 11.4. The van der Waals surface area contributed by atoms with Crippen LogP contribution in [0.15, 0.2) is 24.5 Å². The van der Waals surface area contributed by atoms with Crippen LogP contribution in [-0.2, 0) is 14.6 Å². The number of aromatic nitrogens is 1. The molecule has 1 unspecified atom stereocenters. The zero-order valence-corrected chi connectivity index (χ0v) is 10.6. The minimum Gasteiger partial charge on any atom is -0.481 e. The first-order valence-electron chi connectivity index (χ1n) is 5.83. The van der Waals surface area contributed by atoms with E-state index in [1.165, 1.54) is 0 Å². The molecule has 0 saturated carbocycles. The summed E-state index contributed by atoms with van der Waals surface area (Å²) >= 11 is 0. The summed E-state index contributed by atoms with van der Waals surface area (Å²) in [5.74, 6) is -1.47. The number of carboxylic acid groups (broad SMARTS) is 1. The van der Waals surface area contributed by atoms with Gasteiger partial charge in [-0.25, -0.2) is 8.42 Å². The fraction of sp³-hybridized carbons (Fsp3) is 0.500. The smallest absolute Gasteiger partial charge is 0.311 e. The average molecular weight is 269 g/mol. The fourth-order valence-electron chi connectivity index (χ4n) is 2.43. The van der Waals surface area contributed by atoms with Gasteiger partial charge in [0.15, 0.2) is 0 Å². The van der Waals surface area contributed by atoms with Gasteiger partial charge in [-0.05, 0) is 36.5 Å². The Hall–Kier alpha value is -1.43. The molecule has 0 aromatic carbocycles. The molecule has 0 aliphatic carbocycles. The van der Waals surface area contributed by atoms with Crippen LogP contribution in [0.25, 0.3) is 0 Å². The van der Waals surface area contributed by atoms with E-state index in [0.29, 0.717) is 18.4 Å². The van der Waals surface area contributed by atoms with Crippen molar-refractivity contribution in [3.05, 3.63) is 30.1 Å². The average Bonchev–Trinajstić information content (AvgIpc) is 2.33. The molecule has 1 aromatic rings. The van der Waals surface area contributed by atoms with Crippen molar-refractivity contribution in [3.63, 3.8) is 0 Å². The number of carbonyl (C=O) groups is 1. The maximum Gasteiger partial charge on any atom is 0.311 e. The lowest BCUT2D eigenvalue weighted by Gasteiger charge is -2.27. The summed E-state index contributed by atoms with van der Waals surface area (Å²) in [6.45, 7) is 0. The Balaban J connectivity index is 2.20. The van der Waals surface area contributed by atoms with Gasteiger partial charge < -0.3 is 5.11 Å². The first kappa shape index (κ1) is 13.0. The van der Waals surface area contributed by atoms with Gasteiger partial charge in [-0.2, -0.15) is 0 Å². The van der Waals surface area contributed by atoms with Crippen LogP contribution in [0.5, 0.6) is 0 Å². The second kappa shape index (κ2) is 5.06. The molecule has 2 heterocycles. The third-order valence-corrected chi connectivity index (χ3v) is 5.12. The van der Waals surface area contributed by atoms with E-state index in [1.54, 1.807) is 24.5 Å². The molecule has 2 rings (SSSR count). The van der Waals surface area contributed by atoms with Gasteiger partial charge in [0.05, 0.1) is 17.4 Å². The molecule has 1 aliphatic rings. The number of pyridine rings is 1. The summed E-state index contributed by atoms with van der Waals surface area (Å²) in [4.78, 5) is 15.3. The molecule has 18 heavy (non-hydrogen) atoms. The third kappa shape index (κ3) is 2.87. The van der Waals surface area contributed by atoms with Crippen molar-refractivity contribution in [2.24, 2.45) is 5.92 Å². The summed E-state index contributed by atoms with van der Waals surface area (Å²) in [5, 5.41) is 9.34. The number of carboxylic acids is 1. The Morgan fingerprint density at radius 1 is 1.28 bits per heavy atom. The Morgan fingerprint density at radius 2 is 1.83 bits per heavy atom. The van der Waals surface area contributed by atoms with Gasteiger partial charge in [-0.3, -0.25) is 9.78 Å². The summed E-state index contributed by atoms with van der Waals surface area (Å²) in [6, 6.07) is 3.36. The molecule has 1 aliphatic heterocycles. The summed E-state index contributed by atoms with van der Waals surface area (Å²) in [5.41, 5.74) is 0.696. The molecule has 1 saturated heterocycles. The minimum absolute atomic E-state index is 0.0898. The molecule has 1 atom stereocenters. The molecule has 6 heteroatoms.